The number of unbranched alkanes of at least 4 members (excludes halogenated alkanes) is 32. The van der Waals surface area contributed by atoms with E-state index in [4.69, 9.17) is 24.3 Å². The van der Waals surface area contributed by atoms with Gasteiger partial charge in [0.15, 0.2) is 6.10 Å². The number of ether oxygens (including phenoxy) is 2. The zero-order chi connectivity index (χ0) is 53.1. The van der Waals surface area contributed by atoms with Crippen molar-refractivity contribution >= 4 is 19.8 Å². The Morgan fingerprint density at radius 1 is 0.425 bits per heavy atom. The van der Waals surface area contributed by atoms with E-state index in [1.165, 1.54) is 186 Å². The lowest BCUT2D eigenvalue weighted by molar-refractivity contribution is -0.161. The van der Waals surface area contributed by atoms with Crippen LogP contribution in [0.5, 0.6) is 0 Å². The van der Waals surface area contributed by atoms with Crippen molar-refractivity contribution in [1.29, 1.82) is 0 Å². The summed E-state index contributed by atoms with van der Waals surface area (Å²) in [5.41, 5.74) is 5.37. The molecule has 0 amide bonds. The fourth-order valence-electron chi connectivity index (χ4n) is 8.60. The second-order valence-corrected chi connectivity index (χ2v) is 21.6. The Hall–Kier alpha value is -2.55. The van der Waals surface area contributed by atoms with Crippen molar-refractivity contribution in [1.82, 2.24) is 0 Å². The molecule has 0 radical (unpaired) electrons. The smallest absolute Gasteiger partial charge is 0.462 e. The molecule has 10 heteroatoms. The predicted octanol–water partition coefficient (Wildman–Crippen LogP) is 19.3. The van der Waals surface area contributed by atoms with Gasteiger partial charge in [0.1, 0.15) is 6.61 Å². The Morgan fingerprint density at radius 3 is 1.15 bits per heavy atom. The highest BCUT2D eigenvalue weighted by Gasteiger charge is 2.26. The van der Waals surface area contributed by atoms with Crippen LogP contribution in [0.1, 0.15) is 284 Å². The van der Waals surface area contributed by atoms with Crippen LogP contribution >= 0.6 is 7.82 Å². The molecule has 0 aliphatic rings. The molecule has 424 valence electrons. The maximum absolute atomic E-state index is 12.6. The van der Waals surface area contributed by atoms with E-state index in [0.717, 1.165) is 64.2 Å². The summed E-state index contributed by atoms with van der Waals surface area (Å²) >= 11 is 0. The maximum Gasteiger partial charge on any atom is 0.472 e. The van der Waals surface area contributed by atoms with Crippen molar-refractivity contribution in [2.45, 2.75) is 290 Å². The van der Waals surface area contributed by atoms with E-state index in [1.807, 2.05) is 0 Å². The first-order valence-corrected chi connectivity index (χ1v) is 31.9. The number of rotatable bonds is 57. The van der Waals surface area contributed by atoms with Crippen LogP contribution in [0.3, 0.4) is 0 Å². The highest BCUT2D eigenvalue weighted by molar-refractivity contribution is 7.47. The number of hydrogen-bond donors (Lipinski definition) is 2. The van der Waals surface area contributed by atoms with E-state index in [9.17, 15) is 19.0 Å². The molecule has 0 aliphatic heterocycles. The van der Waals surface area contributed by atoms with Crippen molar-refractivity contribution in [2.75, 3.05) is 26.4 Å². The van der Waals surface area contributed by atoms with Crippen molar-refractivity contribution in [3.8, 4) is 0 Å². The monoisotopic (exact) mass is 1040 g/mol. The molecule has 3 N–H and O–H groups in total. The summed E-state index contributed by atoms with van der Waals surface area (Å²) in [6.45, 7) is 3.59. The molecule has 73 heavy (non-hydrogen) atoms. The molecule has 0 aromatic rings. The van der Waals surface area contributed by atoms with Gasteiger partial charge in [-0.3, -0.25) is 18.6 Å². The molecule has 0 saturated carbocycles. The van der Waals surface area contributed by atoms with Gasteiger partial charge in [-0.2, -0.15) is 0 Å². The van der Waals surface area contributed by atoms with Gasteiger partial charge >= 0.3 is 19.8 Å². The Morgan fingerprint density at radius 2 is 0.753 bits per heavy atom. The molecule has 0 heterocycles. The van der Waals surface area contributed by atoms with E-state index < -0.39 is 26.5 Å². The van der Waals surface area contributed by atoms with Gasteiger partial charge in [-0.05, 0) is 83.5 Å². The van der Waals surface area contributed by atoms with Crippen LogP contribution in [0, 0.1) is 0 Å². The third-order valence-corrected chi connectivity index (χ3v) is 14.1. The van der Waals surface area contributed by atoms with Gasteiger partial charge in [-0.25, -0.2) is 4.57 Å². The molecule has 0 rings (SSSR count). The van der Waals surface area contributed by atoms with E-state index in [0.29, 0.717) is 6.42 Å². The van der Waals surface area contributed by atoms with Crippen LogP contribution < -0.4 is 5.73 Å². The van der Waals surface area contributed by atoms with Crippen molar-refractivity contribution in [2.24, 2.45) is 5.73 Å². The number of allylic oxidation sites excluding steroid dienone is 12. The maximum atomic E-state index is 12.6. The number of carbonyl (C=O) groups excluding carboxylic acids is 2. The van der Waals surface area contributed by atoms with Gasteiger partial charge in [-0.1, -0.05) is 260 Å². The lowest BCUT2D eigenvalue weighted by Gasteiger charge is -2.19. The molecule has 0 bridgehead atoms. The van der Waals surface area contributed by atoms with Crippen LogP contribution in [0.2, 0.25) is 0 Å². The number of nitrogens with two attached hydrogens (primary N) is 1. The van der Waals surface area contributed by atoms with E-state index >= 15 is 0 Å². The number of carbonyl (C=O) groups is 2. The van der Waals surface area contributed by atoms with E-state index in [1.54, 1.807) is 0 Å². The van der Waals surface area contributed by atoms with Gasteiger partial charge < -0.3 is 20.1 Å². The first-order chi connectivity index (χ1) is 35.8. The number of esters is 2. The number of phosphoric acid groups is 1. The van der Waals surface area contributed by atoms with Crippen LogP contribution in [-0.4, -0.2) is 49.3 Å². The molecule has 0 aromatic carbocycles. The molecule has 2 atom stereocenters. The topological polar surface area (TPSA) is 134 Å². The summed E-state index contributed by atoms with van der Waals surface area (Å²) in [7, 11) is -4.40. The molecular weight excluding hydrogens is 930 g/mol. The van der Waals surface area contributed by atoms with Crippen molar-refractivity contribution in [3.05, 3.63) is 72.9 Å². The van der Waals surface area contributed by atoms with Gasteiger partial charge in [0.25, 0.3) is 0 Å². The summed E-state index contributed by atoms with van der Waals surface area (Å²) in [4.78, 5) is 35.1. The second-order valence-electron chi connectivity index (χ2n) is 20.2. The summed E-state index contributed by atoms with van der Waals surface area (Å²) in [5.74, 6) is -0.870. The average Bonchev–Trinajstić information content (AvgIpc) is 3.38. The molecule has 0 spiro atoms. The lowest BCUT2D eigenvalue weighted by atomic mass is 10.0. The Balaban J connectivity index is 3.80. The minimum atomic E-state index is -4.40. The molecule has 0 fully saturated rings. The van der Waals surface area contributed by atoms with Gasteiger partial charge in [-0.15, -0.1) is 0 Å². The normalized spacial score (nSPS) is 13.5. The van der Waals surface area contributed by atoms with Gasteiger partial charge in [0.2, 0.25) is 0 Å². The van der Waals surface area contributed by atoms with Crippen molar-refractivity contribution < 1.29 is 37.6 Å². The third kappa shape index (κ3) is 58.6. The van der Waals surface area contributed by atoms with Crippen LogP contribution in [0.25, 0.3) is 0 Å². The highest BCUT2D eigenvalue weighted by Crippen LogP contribution is 2.43. The molecule has 0 aliphatic carbocycles. The second kappa shape index (κ2) is 58.7. The van der Waals surface area contributed by atoms with Gasteiger partial charge in [0.05, 0.1) is 13.2 Å². The Kier molecular flexibility index (Phi) is 56.7. The predicted molar refractivity (Wildman–Crippen MR) is 312 cm³/mol. The SMILES string of the molecule is CC/C=C\C/C=C\C/C=C\C/C=C\CCCCC(=O)OC(COC(=O)CCCCCCCCCCCCCCCCCCCCCCCCCCC/C=C\C/C=C\CCCCCCC)COP(=O)(O)OCCN. The van der Waals surface area contributed by atoms with E-state index in [2.05, 4.69) is 86.8 Å². The van der Waals surface area contributed by atoms with Crippen LogP contribution in [0.4, 0.5) is 0 Å². The van der Waals surface area contributed by atoms with Crippen molar-refractivity contribution in [3.63, 3.8) is 0 Å². The molecule has 0 saturated heterocycles. The largest absolute Gasteiger partial charge is 0.472 e. The minimum Gasteiger partial charge on any atom is -0.462 e. The van der Waals surface area contributed by atoms with Crippen LogP contribution in [-0.2, 0) is 32.7 Å². The molecule has 2 unspecified atom stereocenters. The fraction of sp³-hybridized carbons (Fsp3) is 0.778. The highest BCUT2D eigenvalue weighted by atomic mass is 31.2. The van der Waals surface area contributed by atoms with E-state index in [-0.39, 0.29) is 38.6 Å². The molecule has 0 aromatic heterocycles. The fourth-order valence-corrected chi connectivity index (χ4v) is 9.37. The van der Waals surface area contributed by atoms with Gasteiger partial charge in [0, 0.05) is 19.4 Å². The third-order valence-electron chi connectivity index (χ3n) is 13.1. The first kappa shape index (κ1) is 70.5. The first-order valence-electron chi connectivity index (χ1n) is 30.4. The Bertz CT molecular complexity index is 1420. The minimum absolute atomic E-state index is 0.0450. The molecular formula is C63H114NO8P. The summed E-state index contributed by atoms with van der Waals surface area (Å²) < 4.78 is 32.9. The summed E-state index contributed by atoms with van der Waals surface area (Å²) in [6, 6.07) is 0. The summed E-state index contributed by atoms with van der Waals surface area (Å²) in [6.07, 6.45) is 75.8. The lowest BCUT2D eigenvalue weighted by Crippen LogP contribution is -2.29. The zero-order valence-corrected chi connectivity index (χ0v) is 48.3. The standard InChI is InChI=1S/C63H114NO8P/c1-3-5-7-9-11-13-15-17-19-20-21-22-23-24-25-26-27-28-29-30-31-32-33-34-35-36-37-38-39-40-42-43-45-47-49-51-53-55-62(65)69-59-61(60-71-73(67,68)70-58-57-64)72-63(66)56-54-52-50-48-46-44-41-18-16-14-12-10-8-6-4-2/h6,8,12,14-15,17-18,20-21,41,46,48,61H,3-5,7,9-11,13,16,19,22-40,42-45,47,49-60,64H2,1-2H3,(H,67,68)/b8-6-,14-12-,17-15-,21-20-,41-18-,48-46-. The zero-order valence-electron chi connectivity index (χ0n) is 47.4. The number of hydrogen-bond acceptors (Lipinski definition) is 8. The average molecular weight is 1040 g/mol. The Labute approximate surface area is 450 Å². The van der Waals surface area contributed by atoms with Crippen LogP contribution in [0.15, 0.2) is 72.9 Å². The molecule has 9 nitrogen and oxygen atoms in total. The quantitative estimate of drug-likeness (QED) is 0.0264. The number of phosphoric ester groups is 1. The summed E-state index contributed by atoms with van der Waals surface area (Å²) in [5, 5.41) is 0.